The van der Waals surface area contributed by atoms with Crippen molar-refractivity contribution in [2.24, 2.45) is 17.6 Å². The summed E-state index contributed by atoms with van der Waals surface area (Å²) in [5, 5.41) is 3.43. The van der Waals surface area contributed by atoms with Crippen molar-refractivity contribution < 1.29 is 0 Å². The molecule has 2 aliphatic heterocycles. The molecule has 2 rings (SSSR count). The van der Waals surface area contributed by atoms with E-state index in [0.29, 0.717) is 5.92 Å². The van der Waals surface area contributed by atoms with Crippen molar-refractivity contribution in [3.63, 3.8) is 0 Å². The van der Waals surface area contributed by atoms with Gasteiger partial charge in [-0.15, -0.1) is 0 Å². The highest BCUT2D eigenvalue weighted by molar-refractivity contribution is 4.96. The molecule has 3 N–H and O–H groups in total. The zero-order valence-corrected chi connectivity index (χ0v) is 10.3. The van der Waals surface area contributed by atoms with Crippen LogP contribution in [-0.2, 0) is 0 Å². The Balaban J connectivity index is 1.70. The molecule has 2 fully saturated rings. The summed E-state index contributed by atoms with van der Waals surface area (Å²) in [7, 11) is 0. The Hall–Kier alpha value is -0.540. The Morgan fingerprint density at radius 2 is 1.81 bits per heavy atom. The third kappa shape index (κ3) is 3.22. The highest BCUT2D eigenvalue weighted by Gasteiger charge is 2.23. The van der Waals surface area contributed by atoms with Gasteiger partial charge in [0.25, 0.3) is 0 Å². The minimum atomic E-state index is 0.573. The Kier molecular flexibility index (Phi) is 4.24. The molecule has 0 aromatic carbocycles. The summed E-state index contributed by atoms with van der Waals surface area (Å²) in [6, 6.07) is 0. The average Bonchev–Trinajstić information content (AvgIpc) is 2.31. The molecule has 0 aromatic heterocycles. The van der Waals surface area contributed by atoms with E-state index in [4.69, 9.17) is 5.73 Å². The van der Waals surface area contributed by atoms with E-state index in [2.05, 4.69) is 16.8 Å². The van der Waals surface area contributed by atoms with Crippen molar-refractivity contribution in [2.45, 2.75) is 25.7 Å². The van der Waals surface area contributed by atoms with Gasteiger partial charge < -0.3 is 16.0 Å². The molecule has 0 radical (unpaired) electrons. The van der Waals surface area contributed by atoms with Crippen molar-refractivity contribution in [1.82, 2.24) is 10.2 Å². The molecule has 0 unspecified atom stereocenters. The Morgan fingerprint density at radius 1 is 1.19 bits per heavy atom. The summed E-state index contributed by atoms with van der Waals surface area (Å²) >= 11 is 0. The third-order valence-electron chi connectivity index (χ3n) is 4.09. The lowest BCUT2D eigenvalue weighted by Crippen LogP contribution is -2.40. The molecule has 0 spiro atoms. The van der Waals surface area contributed by atoms with Gasteiger partial charge in [-0.3, -0.25) is 0 Å². The lowest BCUT2D eigenvalue weighted by molar-refractivity contribution is 0.158. The second-order valence-corrected chi connectivity index (χ2v) is 5.34. The van der Waals surface area contributed by atoms with Crippen LogP contribution in [-0.4, -0.2) is 37.6 Å². The molecule has 0 aliphatic carbocycles. The molecule has 16 heavy (non-hydrogen) atoms. The number of nitrogens with one attached hydrogen (secondary N) is 1. The van der Waals surface area contributed by atoms with Gasteiger partial charge in [0, 0.05) is 18.2 Å². The lowest BCUT2D eigenvalue weighted by Gasteiger charge is -2.35. The number of hydrogen-bond donors (Lipinski definition) is 2. The first-order chi connectivity index (χ1) is 7.75. The number of likely N-dealkylation sites (tertiary alicyclic amines) is 1. The highest BCUT2D eigenvalue weighted by Crippen LogP contribution is 2.23. The van der Waals surface area contributed by atoms with Gasteiger partial charge in [-0.25, -0.2) is 0 Å². The molecule has 92 valence electrons. The van der Waals surface area contributed by atoms with Crippen LogP contribution in [0.4, 0.5) is 0 Å². The zero-order chi connectivity index (χ0) is 11.4. The first kappa shape index (κ1) is 11.9. The van der Waals surface area contributed by atoms with E-state index in [1.54, 1.807) is 0 Å². The quantitative estimate of drug-likeness (QED) is 0.754. The molecule has 2 aliphatic rings. The largest absolute Gasteiger partial charge is 0.402 e. The average molecular weight is 223 g/mol. The maximum absolute atomic E-state index is 5.78. The molecule has 2 saturated heterocycles. The first-order valence-corrected chi connectivity index (χ1v) is 6.63. The summed E-state index contributed by atoms with van der Waals surface area (Å²) in [5.41, 5.74) is 6.67. The molecule has 0 atom stereocenters. The Bertz CT molecular complexity index is 225. The monoisotopic (exact) mass is 223 g/mol. The topological polar surface area (TPSA) is 41.3 Å². The van der Waals surface area contributed by atoms with Crippen LogP contribution in [0, 0.1) is 11.8 Å². The van der Waals surface area contributed by atoms with Crippen LogP contribution in [0.5, 0.6) is 0 Å². The second-order valence-electron chi connectivity index (χ2n) is 5.34. The van der Waals surface area contributed by atoms with Crippen molar-refractivity contribution >= 4 is 0 Å². The Labute approximate surface area is 99.1 Å². The van der Waals surface area contributed by atoms with Crippen LogP contribution in [0.1, 0.15) is 25.7 Å². The van der Waals surface area contributed by atoms with Gasteiger partial charge >= 0.3 is 0 Å². The van der Waals surface area contributed by atoms with E-state index in [-0.39, 0.29) is 0 Å². The van der Waals surface area contributed by atoms with Gasteiger partial charge in [0.05, 0.1) is 0 Å². The minimum Gasteiger partial charge on any atom is -0.402 e. The molecule has 0 amide bonds. The van der Waals surface area contributed by atoms with E-state index in [1.165, 1.54) is 58.4 Å². The number of nitrogens with two attached hydrogens (primary N) is 1. The molecular weight excluding hydrogens is 198 g/mol. The van der Waals surface area contributed by atoms with Gasteiger partial charge in [-0.1, -0.05) is 6.58 Å². The van der Waals surface area contributed by atoms with Gasteiger partial charge in [0.15, 0.2) is 0 Å². The highest BCUT2D eigenvalue weighted by atomic mass is 15.1. The summed E-state index contributed by atoms with van der Waals surface area (Å²) in [6.07, 6.45) is 5.12. The van der Waals surface area contributed by atoms with Gasteiger partial charge in [-0.2, -0.15) is 0 Å². The number of piperidine rings is 2. The smallest absolute Gasteiger partial charge is 0.00399 e. The van der Waals surface area contributed by atoms with E-state index in [1.807, 2.05) is 0 Å². The predicted molar refractivity (Wildman–Crippen MR) is 68.1 cm³/mol. The second kappa shape index (κ2) is 5.69. The standard InChI is InChI=1S/C13H25N3/c1-11(14)13-4-8-16(9-5-13)10-12-2-6-15-7-3-12/h12-13,15H,1-10,14H2. The fourth-order valence-corrected chi connectivity index (χ4v) is 2.92. The van der Waals surface area contributed by atoms with E-state index >= 15 is 0 Å². The summed E-state index contributed by atoms with van der Waals surface area (Å²) in [4.78, 5) is 2.62. The molecule has 0 saturated carbocycles. The van der Waals surface area contributed by atoms with E-state index < -0.39 is 0 Å². The van der Waals surface area contributed by atoms with Crippen LogP contribution in [0.25, 0.3) is 0 Å². The van der Waals surface area contributed by atoms with Gasteiger partial charge in [0.1, 0.15) is 0 Å². The third-order valence-corrected chi connectivity index (χ3v) is 4.09. The van der Waals surface area contributed by atoms with Gasteiger partial charge in [0.2, 0.25) is 0 Å². The molecule has 0 bridgehead atoms. The number of nitrogens with zero attached hydrogens (tertiary/aromatic N) is 1. The Morgan fingerprint density at radius 3 is 2.38 bits per heavy atom. The summed E-state index contributed by atoms with van der Waals surface area (Å²) in [5.74, 6) is 1.49. The first-order valence-electron chi connectivity index (χ1n) is 6.63. The fourth-order valence-electron chi connectivity index (χ4n) is 2.92. The number of hydrogen-bond acceptors (Lipinski definition) is 3. The van der Waals surface area contributed by atoms with Crippen molar-refractivity contribution in [1.29, 1.82) is 0 Å². The zero-order valence-electron chi connectivity index (χ0n) is 10.3. The molecular formula is C13H25N3. The van der Waals surface area contributed by atoms with Crippen LogP contribution >= 0.6 is 0 Å². The van der Waals surface area contributed by atoms with E-state index in [0.717, 1.165) is 11.6 Å². The number of rotatable bonds is 3. The maximum atomic E-state index is 5.78. The molecule has 3 nitrogen and oxygen atoms in total. The molecule has 2 heterocycles. The summed E-state index contributed by atoms with van der Waals surface area (Å²) < 4.78 is 0. The van der Waals surface area contributed by atoms with Crippen LogP contribution in [0.2, 0.25) is 0 Å². The van der Waals surface area contributed by atoms with Crippen LogP contribution in [0.15, 0.2) is 12.3 Å². The summed E-state index contributed by atoms with van der Waals surface area (Å²) in [6.45, 7) is 10.0. The van der Waals surface area contributed by atoms with E-state index in [9.17, 15) is 0 Å². The van der Waals surface area contributed by atoms with Crippen molar-refractivity contribution in [3.8, 4) is 0 Å². The van der Waals surface area contributed by atoms with Crippen molar-refractivity contribution in [2.75, 3.05) is 32.7 Å². The SMILES string of the molecule is C=C(N)C1CCN(CC2CCNCC2)CC1. The number of allylic oxidation sites excluding steroid dienone is 1. The molecule has 0 aromatic rings. The lowest BCUT2D eigenvalue weighted by atomic mass is 9.92. The van der Waals surface area contributed by atoms with Crippen LogP contribution < -0.4 is 11.1 Å². The predicted octanol–water partition coefficient (Wildman–Crippen LogP) is 1.17. The minimum absolute atomic E-state index is 0.573. The molecule has 3 heteroatoms. The fraction of sp³-hybridized carbons (Fsp3) is 0.846. The van der Waals surface area contributed by atoms with Crippen molar-refractivity contribution in [3.05, 3.63) is 12.3 Å². The van der Waals surface area contributed by atoms with Crippen LogP contribution in [0.3, 0.4) is 0 Å². The normalized spacial score (nSPS) is 25.8. The maximum Gasteiger partial charge on any atom is 0.00399 e. The van der Waals surface area contributed by atoms with Gasteiger partial charge in [-0.05, 0) is 57.8 Å².